The summed E-state index contributed by atoms with van der Waals surface area (Å²) < 4.78 is 39.7. The molecule has 6 rings (SSSR count). The van der Waals surface area contributed by atoms with Crippen molar-refractivity contribution in [1.29, 1.82) is 0 Å². The molecule has 1 aliphatic heterocycles. The number of alkyl halides is 2. The molecule has 0 spiro atoms. The highest BCUT2D eigenvalue weighted by Crippen LogP contribution is 2.37. The second kappa shape index (κ2) is 10.9. The van der Waals surface area contributed by atoms with E-state index in [0.29, 0.717) is 18.1 Å². The number of tetrazole rings is 1. The van der Waals surface area contributed by atoms with Gasteiger partial charge in [0, 0.05) is 35.8 Å². The van der Waals surface area contributed by atoms with Gasteiger partial charge in [0.25, 0.3) is 5.91 Å². The van der Waals surface area contributed by atoms with E-state index in [-0.39, 0.29) is 46.1 Å². The Kier molecular flexibility index (Phi) is 7.04. The van der Waals surface area contributed by atoms with Crippen LogP contribution in [0.5, 0.6) is 5.75 Å². The van der Waals surface area contributed by atoms with Crippen molar-refractivity contribution in [3.63, 3.8) is 0 Å². The van der Waals surface area contributed by atoms with Crippen LogP contribution in [0, 0.1) is 0 Å². The van der Waals surface area contributed by atoms with Crippen LogP contribution in [0.4, 0.5) is 14.5 Å². The third kappa shape index (κ3) is 5.33. The molecule has 5 heterocycles. The molecule has 40 heavy (non-hydrogen) atoms. The molecule has 16 heteroatoms. The summed E-state index contributed by atoms with van der Waals surface area (Å²) in [4.78, 5) is 18.9. The van der Waals surface area contributed by atoms with E-state index < -0.39 is 12.5 Å². The number of rotatable bonds is 8. The predicted octanol–water partition coefficient (Wildman–Crippen LogP) is 3.83. The third-order valence-corrected chi connectivity index (χ3v) is 6.37. The summed E-state index contributed by atoms with van der Waals surface area (Å²) in [6, 6.07) is 5.82. The Morgan fingerprint density at radius 2 is 2.17 bits per heavy atom. The standard InChI is InChI=1S/C24H21ClF2N10O3/c25-14-5-6-18(40-24(26)27)15(10-14)21-17(30-23(38)16-11-29-36-8-3-7-28-22(16)36)12-35(33-21)13-19-31-34-37(32-19)20-4-1-2-9-39-20/h3,5-8,10-12,20,24H,1-2,4,9,13H2,(H,30,38). The molecule has 5 aromatic rings. The van der Waals surface area contributed by atoms with Gasteiger partial charge in [-0.05, 0) is 48.7 Å². The first-order valence-electron chi connectivity index (χ1n) is 12.3. The monoisotopic (exact) mass is 570 g/mol. The first-order chi connectivity index (χ1) is 19.4. The van der Waals surface area contributed by atoms with Crippen LogP contribution in [-0.4, -0.2) is 63.7 Å². The number of amides is 1. The maximum Gasteiger partial charge on any atom is 0.387 e. The Labute approximate surface area is 229 Å². The molecule has 1 atom stereocenters. The lowest BCUT2D eigenvalue weighted by Gasteiger charge is -2.20. The molecule has 0 saturated carbocycles. The van der Waals surface area contributed by atoms with Crippen molar-refractivity contribution in [3.8, 4) is 17.0 Å². The molecular weight excluding hydrogens is 550 g/mol. The van der Waals surface area contributed by atoms with Gasteiger partial charge in [0.15, 0.2) is 17.7 Å². The molecular formula is C24H21ClF2N10O3. The van der Waals surface area contributed by atoms with Crippen molar-refractivity contribution in [2.24, 2.45) is 0 Å². The number of nitrogens with zero attached hydrogens (tertiary/aromatic N) is 9. The second-order valence-corrected chi connectivity index (χ2v) is 9.29. The van der Waals surface area contributed by atoms with E-state index in [1.54, 1.807) is 12.3 Å². The Hall–Kier alpha value is -4.50. The zero-order valence-electron chi connectivity index (χ0n) is 20.7. The smallest absolute Gasteiger partial charge is 0.387 e. The van der Waals surface area contributed by atoms with Gasteiger partial charge in [0.05, 0.1) is 11.9 Å². The number of fused-ring (bicyclic) bond motifs is 1. The summed E-state index contributed by atoms with van der Waals surface area (Å²) >= 11 is 6.19. The number of anilines is 1. The summed E-state index contributed by atoms with van der Waals surface area (Å²) in [6.07, 6.45) is 8.55. The van der Waals surface area contributed by atoms with E-state index in [9.17, 15) is 13.6 Å². The second-order valence-electron chi connectivity index (χ2n) is 8.86. The van der Waals surface area contributed by atoms with Crippen LogP contribution in [-0.2, 0) is 11.3 Å². The van der Waals surface area contributed by atoms with Crippen LogP contribution in [0.3, 0.4) is 0 Å². The van der Waals surface area contributed by atoms with Crippen molar-refractivity contribution in [1.82, 2.24) is 44.6 Å². The highest BCUT2D eigenvalue weighted by molar-refractivity contribution is 6.31. The molecule has 1 aliphatic rings. The largest absolute Gasteiger partial charge is 0.434 e. The molecule has 1 fully saturated rings. The number of hydrogen-bond acceptors (Lipinski definition) is 9. The van der Waals surface area contributed by atoms with Crippen molar-refractivity contribution < 1.29 is 23.0 Å². The Morgan fingerprint density at radius 1 is 1.27 bits per heavy atom. The number of carbonyl (C=O) groups is 1. The lowest BCUT2D eigenvalue weighted by atomic mass is 10.1. The Morgan fingerprint density at radius 3 is 3.00 bits per heavy atom. The number of nitrogens with one attached hydrogen (secondary N) is 1. The first kappa shape index (κ1) is 25.8. The lowest BCUT2D eigenvalue weighted by Crippen LogP contribution is -2.20. The molecule has 1 unspecified atom stereocenters. The topological polar surface area (TPSA) is 139 Å². The van der Waals surface area contributed by atoms with E-state index in [1.807, 2.05) is 0 Å². The van der Waals surface area contributed by atoms with Gasteiger partial charge in [-0.25, -0.2) is 9.50 Å². The fraction of sp³-hybridized carbons (Fsp3) is 0.292. The van der Waals surface area contributed by atoms with Gasteiger partial charge in [-0.15, -0.1) is 15.0 Å². The Bertz CT molecular complexity index is 1660. The molecule has 1 N–H and O–H groups in total. The van der Waals surface area contributed by atoms with Crippen LogP contribution < -0.4 is 10.1 Å². The maximum atomic E-state index is 13.3. The van der Waals surface area contributed by atoms with Gasteiger partial charge in [-0.1, -0.05) is 11.6 Å². The molecule has 0 radical (unpaired) electrons. The number of hydrogen-bond donors (Lipinski definition) is 1. The molecule has 13 nitrogen and oxygen atoms in total. The number of aromatic nitrogens is 9. The van der Waals surface area contributed by atoms with E-state index in [1.165, 1.54) is 50.8 Å². The van der Waals surface area contributed by atoms with Crippen molar-refractivity contribution in [3.05, 3.63) is 65.5 Å². The maximum absolute atomic E-state index is 13.3. The minimum Gasteiger partial charge on any atom is -0.434 e. The molecule has 1 aromatic carbocycles. The normalized spacial score (nSPS) is 15.6. The van der Waals surface area contributed by atoms with E-state index in [4.69, 9.17) is 21.1 Å². The molecule has 0 aliphatic carbocycles. The summed E-state index contributed by atoms with van der Waals surface area (Å²) in [7, 11) is 0. The van der Waals surface area contributed by atoms with Gasteiger partial charge in [0.2, 0.25) is 0 Å². The number of halogens is 3. The third-order valence-electron chi connectivity index (χ3n) is 6.13. The zero-order valence-corrected chi connectivity index (χ0v) is 21.4. The summed E-state index contributed by atoms with van der Waals surface area (Å²) in [5, 5.41) is 24.3. The minimum atomic E-state index is -3.09. The number of carbonyl (C=O) groups excluding carboxylic acids is 1. The van der Waals surface area contributed by atoms with Crippen LogP contribution in [0.1, 0.15) is 41.7 Å². The van der Waals surface area contributed by atoms with Crippen molar-refractivity contribution in [2.75, 3.05) is 11.9 Å². The average Bonchev–Trinajstić information content (AvgIpc) is 3.69. The number of ether oxygens (including phenoxy) is 2. The van der Waals surface area contributed by atoms with Gasteiger partial charge < -0.3 is 14.8 Å². The van der Waals surface area contributed by atoms with Gasteiger partial charge in [-0.2, -0.15) is 19.0 Å². The van der Waals surface area contributed by atoms with Crippen LogP contribution >= 0.6 is 11.6 Å². The van der Waals surface area contributed by atoms with Crippen molar-refractivity contribution in [2.45, 2.75) is 38.6 Å². The molecule has 1 saturated heterocycles. The highest BCUT2D eigenvalue weighted by atomic mass is 35.5. The van der Waals surface area contributed by atoms with Gasteiger partial charge in [0.1, 0.15) is 23.6 Å². The first-order valence-corrected chi connectivity index (χ1v) is 12.6. The van der Waals surface area contributed by atoms with E-state index in [0.717, 1.165) is 19.3 Å². The summed E-state index contributed by atoms with van der Waals surface area (Å²) in [5.41, 5.74) is 1.02. The molecule has 1 amide bonds. The van der Waals surface area contributed by atoms with E-state index >= 15 is 0 Å². The quantitative estimate of drug-likeness (QED) is 0.295. The average molecular weight is 571 g/mol. The molecule has 206 valence electrons. The van der Waals surface area contributed by atoms with Crippen LogP contribution in [0.2, 0.25) is 5.02 Å². The fourth-order valence-corrected chi connectivity index (χ4v) is 4.52. The zero-order chi connectivity index (χ0) is 27.6. The van der Waals surface area contributed by atoms with Crippen LogP contribution in [0.15, 0.2) is 49.1 Å². The van der Waals surface area contributed by atoms with Gasteiger partial charge >= 0.3 is 6.61 Å². The SMILES string of the molecule is O=C(Nc1cn(Cc2nnn(C3CCCCO3)n2)nc1-c1cc(Cl)ccc1OC(F)F)c1cnn2cccnc12. The number of benzene rings is 1. The predicted molar refractivity (Wildman–Crippen MR) is 136 cm³/mol. The van der Waals surface area contributed by atoms with E-state index in [2.05, 4.69) is 35.9 Å². The highest BCUT2D eigenvalue weighted by Gasteiger charge is 2.23. The minimum absolute atomic E-state index is 0.0689. The van der Waals surface area contributed by atoms with Crippen molar-refractivity contribution >= 4 is 28.8 Å². The summed E-state index contributed by atoms with van der Waals surface area (Å²) in [6.45, 7) is -2.40. The molecule has 4 aromatic heterocycles. The van der Waals surface area contributed by atoms with Crippen LogP contribution in [0.25, 0.3) is 16.9 Å². The molecule has 0 bridgehead atoms. The fourth-order valence-electron chi connectivity index (χ4n) is 4.35. The lowest BCUT2D eigenvalue weighted by molar-refractivity contribution is -0.0495. The Balaban J connectivity index is 1.35. The summed E-state index contributed by atoms with van der Waals surface area (Å²) in [5.74, 6) is -0.370. The van der Waals surface area contributed by atoms with Gasteiger partial charge in [-0.3, -0.25) is 9.48 Å².